The Morgan fingerprint density at radius 2 is 2.00 bits per heavy atom. The van der Waals surface area contributed by atoms with Crippen molar-refractivity contribution in [1.29, 1.82) is 0 Å². The quantitative estimate of drug-likeness (QED) is 0.684. The van der Waals surface area contributed by atoms with E-state index in [1.54, 1.807) is 7.11 Å². The van der Waals surface area contributed by atoms with Gasteiger partial charge >= 0.3 is 0 Å². The second-order valence-electron chi connectivity index (χ2n) is 6.68. The Balaban J connectivity index is 1.95. The summed E-state index contributed by atoms with van der Waals surface area (Å²) in [6.45, 7) is 11.4. The zero-order valence-corrected chi connectivity index (χ0v) is 16.4. The van der Waals surface area contributed by atoms with Crippen LogP contribution >= 0.6 is 0 Å². The maximum atomic E-state index is 10.2. The van der Waals surface area contributed by atoms with Crippen LogP contribution in [-0.2, 0) is 11.3 Å². The van der Waals surface area contributed by atoms with Gasteiger partial charge in [0.15, 0.2) is 11.5 Å². The summed E-state index contributed by atoms with van der Waals surface area (Å²) in [6.07, 6.45) is 0.544. The summed E-state index contributed by atoms with van der Waals surface area (Å²) >= 11 is 0. The molecule has 6 heteroatoms. The molecule has 0 amide bonds. The average Bonchev–Trinajstić information content (AvgIpc) is 2.93. The molecule has 1 aromatic rings. The molecule has 0 unspecified atom stereocenters. The van der Waals surface area contributed by atoms with Crippen LogP contribution in [0.1, 0.15) is 25.8 Å². The van der Waals surface area contributed by atoms with Crippen molar-refractivity contribution in [2.45, 2.75) is 32.9 Å². The summed E-state index contributed by atoms with van der Waals surface area (Å²) in [5.74, 6) is 1.39. The van der Waals surface area contributed by atoms with Crippen LogP contribution < -0.4 is 9.47 Å². The molecule has 1 saturated heterocycles. The molecule has 1 aromatic carbocycles. The topological polar surface area (TPSA) is 54.4 Å². The molecule has 0 aliphatic carbocycles. The Hall–Kier alpha value is -1.34. The van der Waals surface area contributed by atoms with Gasteiger partial charge in [-0.25, -0.2) is 0 Å². The molecule has 0 spiro atoms. The number of ether oxygens (including phenoxy) is 3. The zero-order chi connectivity index (χ0) is 18.8. The van der Waals surface area contributed by atoms with Crippen LogP contribution in [0.5, 0.6) is 11.5 Å². The standard InChI is InChI=1S/C20H34N2O4/c1-4-21(5-2)15-18(23)16-26-20-13-17(7-8-19(20)24-3)14-22-9-6-11-25-12-10-22/h7-8,13,18,23H,4-6,9-12,14-16H2,1-3H3/t18-/m1/s1. The number of rotatable bonds is 10. The Morgan fingerprint density at radius 3 is 2.73 bits per heavy atom. The smallest absolute Gasteiger partial charge is 0.161 e. The highest BCUT2D eigenvalue weighted by Crippen LogP contribution is 2.29. The van der Waals surface area contributed by atoms with Gasteiger partial charge in [-0.1, -0.05) is 19.9 Å². The van der Waals surface area contributed by atoms with Crippen molar-refractivity contribution in [3.05, 3.63) is 23.8 Å². The number of hydrogen-bond donors (Lipinski definition) is 1. The van der Waals surface area contributed by atoms with Gasteiger partial charge in [-0.3, -0.25) is 4.90 Å². The van der Waals surface area contributed by atoms with Crippen molar-refractivity contribution in [3.8, 4) is 11.5 Å². The van der Waals surface area contributed by atoms with Crippen LogP contribution in [0.4, 0.5) is 0 Å². The minimum atomic E-state index is -0.522. The molecule has 1 aliphatic heterocycles. The Labute approximate surface area is 157 Å². The van der Waals surface area contributed by atoms with E-state index in [2.05, 4.69) is 29.7 Å². The summed E-state index contributed by atoms with van der Waals surface area (Å²) < 4.78 is 16.8. The number of benzene rings is 1. The fourth-order valence-electron chi connectivity index (χ4n) is 3.16. The van der Waals surface area contributed by atoms with Crippen molar-refractivity contribution in [2.75, 3.05) is 59.7 Å². The van der Waals surface area contributed by atoms with E-state index in [1.807, 2.05) is 12.1 Å². The molecular weight excluding hydrogens is 332 g/mol. The monoisotopic (exact) mass is 366 g/mol. The first kappa shape index (κ1) is 21.0. The number of likely N-dealkylation sites (N-methyl/N-ethyl adjacent to an activating group) is 1. The van der Waals surface area contributed by atoms with Gasteiger partial charge in [-0.15, -0.1) is 0 Å². The highest BCUT2D eigenvalue weighted by molar-refractivity contribution is 5.43. The van der Waals surface area contributed by atoms with Crippen molar-refractivity contribution >= 4 is 0 Å². The second-order valence-corrected chi connectivity index (χ2v) is 6.68. The van der Waals surface area contributed by atoms with Gasteiger partial charge in [-0.05, 0) is 37.2 Å². The first-order chi connectivity index (χ1) is 12.7. The first-order valence-electron chi connectivity index (χ1n) is 9.66. The van der Waals surface area contributed by atoms with Gasteiger partial charge < -0.3 is 24.2 Å². The van der Waals surface area contributed by atoms with E-state index in [1.165, 1.54) is 5.56 Å². The Bertz CT molecular complexity index is 515. The summed E-state index contributed by atoms with van der Waals surface area (Å²) in [4.78, 5) is 4.58. The van der Waals surface area contributed by atoms with Crippen LogP contribution in [0.15, 0.2) is 18.2 Å². The van der Waals surface area contributed by atoms with E-state index >= 15 is 0 Å². The maximum absolute atomic E-state index is 10.2. The van der Waals surface area contributed by atoms with E-state index in [9.17, 15) is 5.11 Å². The van der Waals surface area contributed by atoms with Crippen LogP contribution in [0, 0.1) is 0 Å². The fraction of sp³-hybridized carbons (Fsp3) is 0.700. The summed E-state index contributed by atoms with van der Waals surface area (Å²) in [5.41, 5.74) is 1.18. The lowest BCUT2D eigenvalue weighted by molar-refractivity contribution is 0.0705. The highest BCUT2D eigenvalue weighted by atomic mass is 16.5. The number of nitrogens with zero attached hydrogens (tertiary/aromatic N) is 2. The van der Waals surface area contributed by atoms with Crippen LogP contribution in [0.2, 0.25) is 0 Å². The number of aliphatic hydroxyl groups is 1. The normalized spacial score (nSPS) is 17.1. The van der Waals surface area contributed by atoms with Crippen molar-refractivity contribution in [3.63, 3.8) is 0 Å². The van der Waals surface area contributed by atoms with E-state index in [-0.39, 0.29) is 6.61 Å². The zero-order valence-electron chi connectivity index (χ0n) is 16.4. The van der Waals surface area contributed by atoms with Crippen molar-refractivity contribution < 1.29 is 19.3 Å². The predicted octanol–water partition coefficient (Wildman–Crippen LogP) is 2.00. The van der Waals surface area contributed by atoms with Gasteiger partial charge in [0.25, 0.3) is 0 Å². The SMILES string of the molecule is CCN(CC)C[C@@H](O)COc1cc(CN2CCCOCC2)ccc1OC. The molecule has 0 saturated carbocycles. The lowest BCUT2D eigenvalue weighted by Crippen LogP contribution is -2.35. The number of aliphatic hydroxyl groups excluding tert-OH is 1. The molecule has 1 aliphatic rings. The molecule has 1 fully saturated rings. The van der Waals surface area contributed by atoms with E-state index in [4.69, 9.17) is 14.2 Å². The van der Waals surface area contributed by atoms with Crippen molar-refractivity contribution in [2.24, 2.45) is 0 Å². The molecule has 6 nitrogen and oxygen atoms in total. The molecule has 0 bridgehead atoms. The maximum Gasteiger partial charge on any atom is 0.161 e. The molecule has 26 heavy (non-hydrogen) atoms. The summed E-state index contributed by atoms with van der Waals surface area (Å²) in [6, 6.07) is 6.04. The molecule has 0 aromatic heterocycles. The van der Waals surface area contributed by atoms with E-state index < -0.39 is 6.10 Å². The van der Waals surface area contributed by atoms with Gasteiger partial charge in [0.2, 0.25) is 0 Å². The molecule has 1 heterocycles. The lowest BCUT2D eigenvalue weighted by Gasteiger charge is -2.23. The van der Waals surface area contributed by atoms with Gasteiger partial charge in [0.05, 0.1) is 13.7 Å². The summed E-state index contributed by atoms with van der Waals surface area (Å²) in [7, 11) is 1.64. The third kappa shape index (κ3) is 6.76. The minimum Gasteiger partial charge on any atom is -0.493 e. The van der Waals surface area contributed by atoms with Crippen LogP contribution in [-0.4, -0.2) is 80.7 Å². The third-order valence-electron chi connectivity index (χ3n) is 4.74. The molecule has 148 valence electrons. The minimum absolute atomic E-state index is 0.258. The molecule has 2 rings (SSSR count). The molecular formula is C20H34N2O4. The number of hydrogen-bond acceptors (Lipinski definition) is 6. The van der Waals surface area contributed by atoms with Gasteiger partial charge in [0.1, 0.15) is 12.7 Å². The second kappa shape index (κ2) is 11.4. The largest absolute Gasteiger partial charge is 0.493 e. The van der Waals surface area contributed by atoms with Gasteiger partial charge in [-0.2, -0.15) is 0 Å². The summed E-state index contributed by atoms with van der Waals surface area (Å²) in [5, 5.41) is 10.2. The highest BCUT2D eigenvalue weighted by Gasteiger charge is 2.14. The van der Waals surface area contributed by atoms with Gasteiger partial charge in [0, 0.05) is 32.8 Å². The van der Waals surface area contributed by atoms with E-state index in [0.717, 1.165) is 52.4 Å². The lowest BCUT2D eigenvalue weighted by atomic mass is 10.2. The van der Waals surface area contributed by atoms with Crippen molar-refractivity contribution in [1.82, 2.24) is 9.80 Å². The van der Waals surface area contributed by atoms with E-state index in [0.29, 0.717) is 18.0 Å². The average molecular weight is 367 g/mol. The molecule has 1 atom stereocenters. The Morgan fingerprint density at radius 1 is 1.19 bits per heavy atom. The number of methoxy groups -OCH3 is 1. The van der Waals surface area contributed by atoms with Crippen LogP contribution in [0.3, 0.4) is 0 Å². The third-order valence-corrected chi connectivity index (χ3v) is 4.74. The predicted molar refractivity (Wildman–Crippen MR) is 103 cm³/mol. The molecule has 0 radical (unpaired) electrons. The fourth-order valence-corrected chi connectivity index (χ4v) is 3.16. The molecule has 1 N–H and O–H groups in total. The Kier molecular flexibility index (Phi) is 9.18. The van der Waals surface area contributed by atoms with Crippen LogP contribution in [0.25, 0.3) is 0 Å². The first-order valence-corrected chi connectivity index (χ1v) is 9.66.